The molecule has 6 rings (SSSR count). The van der Waals surface area contributed by atoms with Gasteiger partial charge in [-0.3, -0.25) is 4.98 Å². The van der Waals surface area contributed by atoms with Crippen molar-refractivity contribution >= 4 is 21.8 Å². The smallest absolute Gasteiger partial charge is 0.101 e. The molecule has 0 aliphatic heterocycles. The molecule has 0 saturated heterocycles. The standard InChI is InChI=1S/C30H19N3/c31-20-24-8-6-18-32-30(24)22-16-14-21(15-17-22)23-7-5-9-25(19-23)33-28-12-3-1-10-26(28)27-11-2-4-13-29(27)33/h1-19H. The largest absolute Gasteiger partial charge is 0.309 e. The molecular weight excluding hydrogens is 402 g/mol. The fraction of sp³-hybridized carbons (Fsp3) is 0. The number of nitrogens with zero attached hydrogens (tertiary/aromatic N) is 3. The Morgan fingerprint density at radius 1 is 0.606 bits per heavy atom. The average Bonchev–Trinajstić information content (AvgIpc) is 3.23. The number of fused-ring (bicyclic) bond motifs is 3. The Hall–Kier alpha value is -4.68. The van der Waals surface area contributed by atoms with Crippen LogP contribution in [0.25, 0.3) is 49.9 Å². The molecule has 3 nitrogen and oxygen atoms in total. The monoisotopic (exact) mass is 421 g/mol. The van der Waals surface area contributed by atoms with E-state index in [0.717, 1.165) is 22.4 Å². The van der Waals surface area contributed by atoms with Crippen LogP contribution in [-0.2, 0) is 0 Å². The van der Waals surface area contributed by atoms with Gasteiger partial charge in [-0.15, -0.1) is 0 Å². The summed E-state index contributed by atoms with van der Waals surface area (Å²) in [5, 5.41) is 11.9. The third-order valence-electron chi connectivity index (χ3n) is 6.10. The van der Waals surface area contributed by atoms with Crippen LogP contribution in [-0.4, -0.2) is 9.55 Å². The predicted octanol–water partition coefficient (Wildman–Crippen LogP) is 7.38. The van der Waals surface area contributed by atoms with Gasteiger partial charge in [-0.25, -0.2) is 0 Å². The van der Waals surface area contributed by atoms with Gasteiger partial charge in [0, 0.05) is 28.2 Å². The first kappa shape index (κ1) is 19.0. The van der Waals surface area contributed by atoms with Gasteiger partial charge < -0.3 is 4.57 Å². The van der Waals surface area contributed by atoms with Crippen molar-refractivity contribution in [3.8, 4) is 34.1 Å². The van der Waals surface area contributed by atoms with E-state index in [-0.39, 0.29) is 0 Å². The van der Waals surface area contributed by atoms with Crippen molar-refractivity contribution in [2.75, 3.05) is 0 Å². The Kier molecular flexibility index (Phi) is 4.49. The zero-order chi connectivity index (χ0) is 22.2. The molecular formula is C30H19N3. The molecule has 33 heavy (non-hydrogen) atoms. The van der Waals surface area contributed by atoms with Crippen molar-refractivity contribution in [2.45, 2.75) is 0 Å². The molecule has 3 heteroatoms. The summed E-state index contributed by atoms with van der Waals surface area (Å²) in [6.45, 7) is 0. The molecule has 0 aliphatic carbocycles. The molecule has 0 saturated carbocycles. The van der Waals surface area contributed by atoms with Crippen LogP contribution in [0.4, 0.5) is 0 Å². The SMILES string of the molecule is N#Cc1cccnc1-c1ccc(-c2cccc(-n3c4ccccc4c4ccccc43)c2)cc1. The fourth-order valence-corrected chi connectivity index (χ4v) is 4.57. The first-order valence-electron chi connectivity index (χ1n) is 10.9. The molecule has 0 atom stereocenters. The van der Waals surface area contributed by atoms with Crippen LogP contribution < -0.4 is 0 Å². The van der Waals surface area contributed by atoms with Gasteiger partial charge in [0.15, 0.2) is 0 Å². The number of pyridine rings is 1. The molecule has 0 bridgehead atoms. The van der Waals surface area contributed by atoms with Crippen LogP contribution >= 0.6 is 0 Å². The van der Waals surface area contributed by atoms with Crippen LogP contribution in [0.2, 0.25) is 0 Å². The van der Waals surface area contributed by atoms with Crippen molar-refractivity contribution < 1.29 is 0 Å². The van der Waals surface area contributed by atoms with E-state index in [0.29, 0.717) is 11.3 Å². The van der Waals surface area contributed by atoms with E-state index >= 15 is 0 Å². The highest BCUT2D eigenvalue weighted by Crippen LogP contribution is 2.33. The lowest BCUT2D eigenvalue weighted by atomic mass is 10.0. The predicted molar refractivity (Wildman–Crippen MR) is 134 cm³/mol. The van der Waals surface area contributed by atoms with Gasteiger partial charge in [-0.2, -0.15) is 5.26 Å². The van der Waals surface area contributed by atoms with Crippen LogP contribution in [0.15, 0.2) is 115 Å². The molecule has 2 aromatic heterocycles. The Labute approximate surface area is 191 Å². The molecule has 0 N–H and O–H groups in total. The maximum atomic E-state index is 9.39. The molecule has 2 heterocycles. The molecule has 0 fully saturated rings. The van der Waals surface area contributed by atoms with E-state index < -0.39 is 0 Å². The van der Waals surface area contributed by atoms with E-state index in [1.807, 2.05) is 12.1 Å². The van der Waals surface area contributed by atoms with Crippen LogP contribution in [0.5, 0.6) is 0 Å². The average molecular weight is 422 g/mol. The molecule has 4 aromatic carbocycles. The number of para-hydroxylation sites is 2. The summed E-state index contributed by atoms with van der Waals surface area (Å²) in [6.07, 6.45) is 1.72. The second kappa shape index (κ2) is 7.78. The number of rotatable bonds is 3. The lowest BCUT2D eigenvalue weighted by Crippen LogP contribution is -1.94. The zero-order valence-electron chi connectivity index (χ0n) is 17.8. The van der Waals surface area contributed by atoms with Crippen LogP contribution in [0, 0.1) is 11.3 Å². The summed E-state index contributed by atoms with van der Waals surface area (Å²) in [4.78, 5) is 4.40. The molecule has 0 unspecified atom stereocenters. The lowest BCUT2D eigenvalue weighted by Gasteiger charge is -2.11. The molecule has 0 aliphatic rings. The van der Waals surface area contributed by atoms with Crippen molar-refractivity contribution in [3.05, 3.63) is 121 Å². The molecule has 154 valence electrons. The van der Waals surface area contributed by atoms with Crippen molar-refractivity contribution in [2.24, 2.45) is 0 Å². The summed E-state index contributed by atoms with van der Waals surface area (Å²) in [6, 6.07) is 39.8. The molecule has 0 spiro atoms. The van der Waals surface area contributed by atoms with Gasteiger partial charge in [-0.1, -0.05) is 72.8 Å². The summed E-state index contributed by atoms with van der Waals surface area (Å²) < 4.78 is 2.33. The van der Waals surface area contributed by atoms with Gasteiger partial charge in [-0.05, 0) is 47.5 Å². The first-order chi connectivity index (χ1) is 16.3. The first-order valence-corrected chi connectivity index (χ1v) is 10.9. The van der Waals surface area contributed by atoms with Gasteiger partial charge in [0.2, 0.25) is 0 Å². The minimum Gasteiger partial charge on any atom is -0.309 e. The molecule has 0 amide bonds. The van der Waals surface area contributed by atoms with E-state index in [9.17, 15) is 5.26 Å². The zero-order valence-corrected chi connectivity index (χ0v) is 17.8. The fourth-order valence-electron chi connectivity index (χ4n) is 4.57. The van der Waals surface area contributed by atoms with Gasteiger partial charge in [0.05, 0.1) is 22.3 Å². The van der Waals surface area contributed by atoms with Gasteiger partial charge in [0.25, 0.3) is 0 Å². The lowest BCUT2D eigenvalue weighted by molar-refractivity contribution is 1.18. The van der Waals surface area contributed by atoms with E-state index in [2.05, 4.69) is 101 Å². The minimum atomic E-state index is 0.582. The van der Waals surface area contributed by atoms with E-state index in [1.165, 1.54) is 21.8 Å². The third-order valence-corrected chi connectivity index (χ3v) is 6.10. The number of nitriles is 1. The molecule has 6 aromatic rings. The minimum absolute atomic E-state index is 0.582. The number of hydrogen-bond acceptors (Lipinski definition) is 2. The molecule has 0 radical (unpaired) electrons. The number of hydrogen-bond donors (Lipinski definition) is 0. The quantitative estimate of drug-likeness (QED) is 0.299. The van der Waals surface area contributed by atoms with Gasteiger partial charge in [0.1, 0.15) is 6.07 Å². The summed E-state index contributed by atoms with van der Waals surface area (Å²) in [7, 11) is 0. The second-order valence-corrected chi connectivity index (χ2v) is 8.01. The van der Waals surface area contributed by atoms with E-state index in [4.69, 9.17) is 0 Å². The normalized spacial score (nSPS) is 11.0. The van der Waals surface area contributed by atoms with Crippen LogP contribution in [0.1, 0.15) is 5.56 Å². The highest BCUT2D eigenvalue weighted by atomic mass is 15.0. The van der Waals surface area contributed by atoms with Crippen molar-refractivity contribution in [3.63, 3.8) is 0 Å². The number of aromatic nitrogens is 2. The number of benzene rings is 4. The summed E-state index contributed by atoms with van der Waals surface area (Å²) in [5.74, 6) is 0. The summed E-state index contributed by atoms with van der Waals surface area (Å²) >= 11 is 0. The van der Waals surface area contributed by atoms with Crippen molar-refractivity contribution in [1.82, 2.24) is 9.55 Å². The third kappa shape index (κ3) is 3.17. The highest BCUT2D eigenvalue weighted by molar-refractivity contribution is 6.09. The Bertz CT molecular complexity index is 1610. The second-order valence-electron chi connectivity index (χ2n) is 8.01. The Morgan fingerprint density at radius 3 is 1.97 bits per heavy atom. The summed E-state index contributed by atoms with van der Waals surface area (Å²) in [5.41, 5.74) is 8.03. The Balaban J connectivity index is 1.46. The Morgan fingerprint density at radius 2 is 1.27 bits per heavy atom. The van der Waals surface area contributed by atoms with Gasteiger partial charge >= 0.3 is 0 Å². The maximum absolute atomic E-state index is 9.39. The topological polar surface area (TPSA) is 41.6 Å². The van der Waals surface area contributed by atoms with E-state index in [1.54, 1.807) is 18.3 Å². The maximum Gasteiger partial charge on any atom is 0.101 e. The highest BCUT2D eigenvalue weighted by Gasteiger charge is 2.12. The van der Waals surface area contributed by atoms with Crippen molar-refractivity contribution in [1.29, 1.82) is 5.26 Å². The van der Waals surface area contributed by atoms with Crippen LogP contribution in [0.3, 0.4) is 0 Å².